The van der Waals surface area contributed by atoms with Crippen molar-refractivity contribution in [1.82, 2.24) is 10.1 Å². The molecule has 0 aliphatic heterocycles. The minimum atomic E-state index is -0.534. The summed E-state index contributed by atoms with van der Waals surface area (Å²) in [6, 6.07) is 0. The Morgan fingerprint density at radius 3 is 2.54 bits per heavy atom. The summed E-state index contributed by atoms with van der Waals surface area (Å²) < 4.78 is 10.1. The molecule has 1 atom stereocenters. The van der Waals surface area contributed by atoms with Gasteiger partial charge < -0.3 is 9.26 Å². The highest BCUT2D eigenvalue weighted by molar-refractivity contribution is 6.20. The first-order valence-corrected chi connectivity index (χ1v) is 4.44. The lowest BCUT2D eigenvalue weighted by Crippen LogP contribution is -2.21. The van der Waals surface area contributed by atoms with Gasteiger partial charge in [-0.2, -0.15) is 4.98 Å². The van der Waals surface area contributed by atoms with Crippen molar-refractivity contribution >= 4 is 11.6 Å². The maximum absolute atomic E-state index is 5.77. The highest BCUT2D eigenvalue weighted by Gasteiger charge is 2.26. The Morgan fingerprint density at radius 1 is 1.54 bits per heavy atom. The van der Waals surface area contributed by atoms with E-state index in [1.54, 1.807) is 14.0 Å². The number of hydrogen-bond acceptors (Lipinski definition) is 4. The van der Waals surface area contributed by atoms with E-state index in [2.05, 4.69) is 10.1 Å². The Hall–Kier alpha value is -0.610. The molecule has 1 aromatic rings. The molecule has 0 aromatic carbocycles. The molecule has 0 N–H and O–H groups in total. The van der Waals surface area contributed by atoms with Crippen LogP contribution in [0.25, 0.3) is 0 Å². The Bertz CT molecular complexity index is 283. The van der Waals surface area contributed by atoms with E-state index in [1.807, 2.05) is 13.8 Å². The van der Waals surface area contributed by atoms with E-state index < -0.39 is 5.60 Å². The predicted octanol–water partition coefficient (Wildman–Crippen LogP) is 2.25. The van der Waals surface area contributed by atoms with Crippen LogP contribution in [-0.4, -0.2) is 17.3 Å². The fourth-order valence-electron chi connectivity index (χ4n) is 0.733. The van der Waals surface area contributed by atoms with Crippen LogP contribution >= 0.6 is 11.6 Å². The zero-order chi connectivity index (χ0) is 10.1. The number of nitrogens with zero attached hydrogens (tertiary/aromatic N) is 2. The summed E-state index contributed by atoms with van der Waals surface area (Å²) >= 11 is 5.77. The molecule has 4 nitrogen and oxygen atoms in total. The minimum absolute atomic E-state index is 0.270. The molecule has 0 spiro atoms. The summed E-state index contributed by atoms with van der Waals surface area (Å²) in [5, 5.41) is 3.51. The van der Waals surface area contributed by atoms with Gasteiger partial charge in [0.1, 0.15) is 11.0 Å². The van der Waals surface area contributed by atoms with Crippen LogP contribution in [-0.2, 0) is 10.3 Å². The summed E-state index contributed by atoms with van der Waals surface area (Å²) in [4.78, 5) is 4.12. The van der Waals surface area contributed by atoms with Gasteiger partial charge >= 0.3 is 0 Å². The van der Waals surface area contributed by atoms with Gasteiger partial charge in [0.15, 0.2) is 0 Å². The lowest BCUT2D eigenvalue weighted by Gasteiger charge is -2.17. The third-order valence-electron chi connectivity index (χ3n) is 1.83. The summed E-state index contributed by atoms with van der Waals surface area (Å²) in [6.07, 6.45) is 0. The maximum Gasteiger partial charge on any atom is 0.244 e. The maximum atomic E-state index is 5.77. The van der Waals surface area contributed by atoms with E-state index >= 15 is 0 Å². The van der Waals surface area contributed by atoms with Crippen LogP contribution in [0.3, 0.4) is 0 Å². The van der Waals surface area contributed by atoms with Crippen molar-refractivity contribution in [3.63, 3.8) is 0 Å². The second-order valence-electron chi connectivity index (χ2n) is 3.29. The van der Waals surface area contributed by atoms with Crippen LogP contribution in [0, 0.1) is 0 Å². The molecular formula is C8H13ClN2O2. The van der Waals surface area contributed by atoms with E-state index in [9.17, 15) is 0 Å². The monoisotopic (exact) mass is 204 g/mol. The molecule has 0 fully saturated rings. The molecule has 0 bridgehead atoms. The Balaban J connectivity index is 2.91. The van der Waals surface area contributed by atoms with Crippen molar-refractivity contribution in [3.8, 4) is 0 Å². The SMILES string of the molecule is COC(C)(C)c1noc(C(C)Cl)n1. The van der Waals surface area contributed by atoms with E-state index in [-0.39, 0.29) is 5.38 Å². The number of methoxy groups -OCH3 is 1. The average molecular weight is 205 g/mol. The predicted molar refractivity (Wildman–Crippen MR) is 48.6 cm³/mol. The molecule has 1 rings (SSSR count). The molecular weight excluding hydrogens is 192 g/mol. The zero-order valence-electron chi connectivity index (χ0n) is 8.17. The topological polar surface area (TPSA) is 48.2 Å². The second kappa shape index (κ2) is 3.64. The first-order chi connectivity index (χ1) is 5.97. The number of ether oxygens (including phenoxy) is 1. The minimum Gasteiger partial charge on any atom is -0.371 e. The fraction of sp³-hybridized carbons (Fsp3) is 0.750. The molecule has 1 unspecified atom stereocenters. The first-order valence-electron chi connectivity index (χ1n) is 4.00. The lowest BCUT2D eigenvalue weighted by molar-refractivity contribution is 0.00973. The quantitative estimate of drug-likeness (QED) is 0.709. The van der Waals surface area contributed by atoms with Gasteiger partial charge in [-0.25, -0.2) is 0 Å². The molecule has 1 heterocycles. The zero-order valence-corrected chi connectivity index (χ0v) is 8.92. The Morgan fingerprint density at radius 2 is 2.15 bits per heavy atom. The Labute approximate surface area is 82.2 Å². The summed E-state index contributed by atoms with van der Waals surface area (Å²) in [6.45, 7) is 5.50. The van der Waals surface area contributed by atoms with Gasteiger partial charge in [0, 0.05) is 7.11 Å². The molecule has 0 saturated heterocycles. The molecule has 0 radical (unpaired) electrons. The highest BCUT2D eigenvalue weighted by atomic mass is 35.5. The van der Waals surface area contributed by atoms with Crippen molar-refractivity contribution in [2.45, 2.75) is 31.7 Å². The third kappa shape index (κ3) is 2.19. The van der Waals surface area contributed by atoms with Gasteiger partial charge in [-0.3, -0.25) is 0 Å². The number of aromatic nitrogens is 2. The van der Waals surface area contributed by atoms with Gasteiger partial charge in [0.05, 0.1) is 0 Å². The van der Waals surface area contributed by atoms with Gasteiger partial charge in [0.25, 0.3) is 0 Å². The van der Waals surface area contributed by atoms with Crippen molar-refractivity contribution in [3.05, 3.63) is 11.7 Å². The van der Waals surface area contributed by atoms with Gasteiger partial charge in [-0.1, -0.05) is 5.16 Å². The number of rotatable bonds is 3. The lowest BCUT2D eigenvalue weighted by atomic mass is 10.1. The molecule has 5 heteroatoms. The van der Waals surface area contributed by atoms with E-state index in [0.29, 0.717) is 11.7 Å². The van der Waals surface area contributed by atoms with E-state index in [1.165, 1.54) is 0 Å². The summed E-state index contributed by atoms with van der Waals surface area (Å²) in [7, 11) is 1.60. The number of halogens is 1. The molecule has 0 aliphatic rings. The van der Waals surface area contributed by atoms with E-state index in [4.69, 9.17) is 20.9 Å². The van der Waals surface area contributed by atoms with Gasteiger partial charge in [-0.05, 0) is 20.8 Å². The van der Waals surface area contributed by atoms with Gasteiger partial charge in [-0.15, -0.1) is 11.6 Å². The van der Waals surface area contributed by atoms with Crippen molar-refractivity contribution < 1.29 is 9.26 Å². The standard InChI is InChI=1S/C8H13ClN2O2/c1-5(9)6-10-7(11-13-6)8(2,3)12-4/h5H,1-4H3. The largest absolute Gasteiger partial charge is 0.371 e. The van der Waals surface area contributed by atoms with Crippen LogP contribution in [0.2, 0.25) is 0 Å². The number of alkyl halides is 1. The normalized spacial score (nSPS) is 14.5. The van der Waals surface area contributed by atoms with Crippen LogP contribution < -0.4 is 0 Å². The molecule has 74 valence electrons. The smallest absolute Gasteiger partial charge is 0.244 e. The second-order valence-corrected chi connectivity index (χ2v) is 3.94. The van der Waals surface area contributed by atoms with Crippen LogP contribution in [0.15, 0.2) is 4.52 Å². The van der Waals surface area contributed by atoms with Crippen molar-refractivity contribution in [2.24, 2.45) is 0 Å². The summed E-state index contributed by atoms with van der Waals surface area (Å²) in [5.41, 5.74) is -0.534. The number of hydrogen-bond donors (Lipinski definition) is 0. The molecule has 13 heavy (non-hydrogen) atoms. The van der Waals surface area contributed by atoms with Gasteiger partial charge in [0.2, 0.25) is 11.7 Å². The molecule has 0 amide bonds. The van der Waals surface area contributed by atoms with Crippen LogP contribution in [0.5, 0.6) is 0 Å². The van der Waals surface area contributed by atoms with Crippen LogP contribution in [0.1, 0.15) is 37.9 Å². The van der Waals surface area contributed by atoms with Crippen LogP contribution in [0.4, 0.5) is 0 Å². The van der Waals surface area contributed by atoms with Crippen molar-refractivity contribution in [1.29, 1.82) is 0 Å². The first kappa shape index (κ1) is 10.5. The highest BCUT2D eigenvalue weighted by Crippen LogP contribution is 2.23. The third-order valence-corrected chi connectivity index (χ3v) is 2.02. The molecule has 1 aromatic heterocycles. The van der Waals surface area contributed by atoms with Crippen molar-refractivity contribution in [2.75, 3.05) is 7.11 Å². The fourth-order valence-corrected chi connectivity index (χ4v) is 0.821. The van der Waals surface area contributed by atoms with E-state index in [0.717, 1.165) is 0 Å². The molecule has 0 saturated carbocycles. The Kier molecular flexibility index (Phi) is 2.93. The summed E-state index contributed by atoms with van der Waals surface area (Å²) in [5.74, 6) is 0.930. The average Bonchev–Trinajstić information content (AvgIpc) is 2.52. The molecule has 0 aliphatic carbocycles.